The molecule has 0 spiro atoms. The smallest absolute Gasteiger partial charge is 0.0134 e. The van der Waals surface area contributed by atoms with Crippen molar-refractivity contribution >= 4 is 7.60 Å². The Hall–Kier alpha value is 0.150. The van der Waals surface area contributed by atoms with E-state index >= 15 is 0 Å². The van der Waals surface area contributed by atoms with Gasteiger partial charge in [0.1, 0.15) is 0 Å². The first-order valence-corrected chi connectivity index (χ1v) is 20.6. The van der Waals surface area contributed by atoms with Crippen LogP contribution in [0.1, 0.15) is 232 Å². The van der Waals surface area contributed by atoms with Crippen molar-refractivity contribution in [3.8, 4) is 0 Å². The Balaban J connectivity index is 3.49. The van der Waals surface area contributed by atoms with Crippen LogP contribution >= 0.6 is 7.60 Å². The zero-order valence-corrected chi connectivity index (χ0v) is 29.2. The molecule has 0 aliphatic carbocycles. The van der Waals surface area contributed by atoms with Crippen LogP contribution in [0.15, 0.2) is 0 Å². The predicted molar refractivity (Wildman–Crippen MR) is 180 cm³/mol. The van der Waals surface area contributed by atoms with E-state index in [1.165, 1.54) is 180 Å². The van der Waals surface area contributed by atoms with Crippen molar-refractivity contribution in [2.24, 2.45) is 0 Å². The number of hydrogen-bond acceptors (Lipinski definition) is 3. The molecule has 0 aliphatic rings. The minimum absolute atomic E-state index is 0.585. The number of unbranched alkanes of at least 4 members (excludes halogenated alkanes) is 30. The summed E-state index contributed by atoms with van der Waals surface area (Å²) in [7, 11) is -4.46. The topological polar surface area (TPSA) is 63.2 Å². The molecule has 0 unspecified atom stereocenters. The maximum Gasteiger partial charge on any atom is -0.0134 e. The molecule has 0 atom stereocenters. The highest BCUT2D eigenvalue weighted by Crippen LogP contribution is 2.38. The summed E-state index contributed by atoms with van der Waals surface area (Å²) in [4.78, 5) is 23.6. The van der Waals surface area contributed by atoms with Crippen molar-refractivity contribution in [3.05, 3.63) is 0 Å². The van der Waals surface area contributed by atoms with E-state index in [4.69, 9.17) is 0 Å². The highest BCUT2D eigenvalue weighted by molar-refractivity contribution is 7.49. The van der Waals surface area contributed by atoms with E-state index in [-0.39, 0.29) is 0 Å². The van der Waals surface area contributed by atoms with Crippen LogP contribution in [0, 0.1) is 0 Å². The van der Waals surface area contributed by atoms with E-state index in [1.807, 2.05) is 0 Å². The van der Waals surface area contributed by atoms with E-state index < -0.39 is 13.3 Å². The van der Waals surface area contributed by atoms with Crippen LogP contribution in [-0.4, -0.2) is 5.66 Å². The first kappa shape index (κ1) is 41.1. The molecule has 4 heteroatoms. The summed E-state index contributed by atoms with van der Waals surface area (Å²) < 4.78 is 11.8. The second-order valence-corrected chi connectivity index (χ2v) is 15.2. The van der Waals surface area contributed by atoms with Gasteiger partial charge in [-0.15, -0.1) is 0 Å². The SMILES string of the molecule is CCCCCCCCCCCCCCCCCCC(CCCCCCCCCCCCCCCCCC)P(=O)([O-])[O-]. The van der Waals surface area contributed by atoms with Gasteiger partial charge in [-0.3, -0.25) is 0 Å². The summed E-state index contributed by atoms with van der Waals surface area (Å²) >= 11 is 0. The van der Waals surface area contributed by atoms with Gasteiger partial charge >= 0.3 is 0 Å². The van der Waals surface area contributed by atoms with Crippen LogP contribution in [0.5, 0.6) is 0 Å². The normalized spacial score (nSPS) is 12.1. The lowest BCUT2D eigenvalue weighted by Crippen LogP contribution is -2.26. The molecule has 0 aromatic carbocycles. The van der Waals surface area contributed by atoms with Crippen LogP contribution in [0.3, 0.4) is 0 Å². The first-order valence-electron chi connectivity index (χ1n) is 19.0. The Morgan fingerprint density at radius 2 is 0.512 bits per heavy atom. The van der Waals surface area contributed by atoms with E-state index in [9.17, 15) is 14.4 Å². The maximum absolute atomic E-state index is 11.8. The summed E-state index contributed by atoms with van der Waals surface area (Å²) in [5, 5.41) is 0. The van der Waals surface area contributed by atoms with Crippen molar-refractivity contribution < 1.29 is 14.4 Å². The van der Waals surface area contributed by atoms with Gasteiger partial charge in [0.05, 0.1) is 0 Å². The Labute approximate surface area is 259 Å². The minimum atomic E-state index is -4.46. The standard InChI is InChI=1S/C37H77O3P/c1-3-5-7-9-11-13-15-17-19-21-23-25-27-29-31-33-35-37(41(38,39)40)36-34-32-30-28-26-24-22-20-18-16-14-12-10-8-6-4-2/h37H,3-36H2,1-2H3,(H2,38,39,40)/p-2. The quantitative estimate of drug-likeness (QED) is 0.0538. The van der Waals surface area contributed by atoms with Gasteiger partial charge in [0.25, 0.3) is 0 Å². The minimum Gasteiger partial charge on any atom is -0.811 e. The molecule has 41 heavy (non-hydrogen) atoms. The predicted octanol–water partition coefficient (Wildman–Crippen LogP) is 12.6. The Kier molecular flexibility index (Phi) is 33.2. The average Bonchev–Trinajstić information content (AvgIpc) is 2.95. The lowest BCUT2D eigenvalue weighted by molar-refractivity contribution is -0.317. The third-order valence-corrected chi connectivity index (χ3v) is 10.6. The first-order chi connectivity index (χ1) is 20.0. The van der Waals surface area contributed by atoms with E-state index in [1.54, 1.807) is 0 Å². The third-order valence-electron chi connectivity index (χ3n) is 9.23. The summed E-state index contributed by atoms with van der Waals surface area (Å²) in [5.41, 5.74) is -0.624. The molecule has 0 saturated carbocycles. The summed E-state index contributed by atoms with van der Waals surface area (Å²) in [6, 6.07) is 0. The molecule has 0 radical (unpaired) electrons. The Morgan fingerprint density at radius 1 is 0.341 bits per heavy atom. The zero-order valence-electron chi connectivity index (χ0n) is 28.3. The fraction of sp³-hybridized carbons (Fsp3) is 1.00. The molecule has 0 aromatic heterocycles. The lowest BCUT2D eigenvalue weighted by atomic mass is 10.0. The van der Waals surface area contributed by atoms with Crippen molar-refractivity contribution in [1.29, 1.82) is 0 Å². The summed E-state index contributed by atoms with van der Waals surface area (Å²) in [5.74, 6) is 0. The van der Waals surface area contributed by atoms with Gasteiger partial charge in [-0.2, -0.15) is 0 Å². The lowest BCUT2D eigenvalue weighted by Gasteiger charge is -2.38. The van der Waals surface area contributed by atoms with Crippen molar-refractivity contribution in [2.45, 2.75) is 238 Å². The molecule has 0 heterocycles. The fourth-order valence-corrected chi connectivity index (χ4v) is 7.31. The van der Waals surface area contributed by atoms with E-state index in [0.29, 0.717) is 12.8 Å². The molecule has 3 nitrogen and oxygen atoms in total. The van der Waals surface area contributed by atoms with Crippen molar-refractivity contribution in [2.75, 3.05) is 0 Å². The third kappa shape index (κ3) is 32.9. The van der Waals surface area contributed by atoms with Crippen molar-refractivity contribution in [1.82, 2.24) is 0 Å². The van der Waals surface area contributed by atoms with E-state index in [0.717, 1.165) is 25.7 Å². The van der Waals surface area contributed by atoms with Gasteiger partial charge in [-0.25, -0.2) is 0 Å². The summed E-state index contributed by atoms with van der Waals surface area (Å²) in [6.45, 7) is 4.56. The molecule has 0 saturated heterocycles. The van der Waals surface area contributed by atoms with Gasteiger partial charge in [-0.05, 0) is 18.5 Å². The molecule has 0 aromatic rings. The van der Waals surface area contributed by atoms with Crippen molar-refractivity contribution in [3.63, 3.8) is 0 Å². The largest absolute Gasteiger partial charge is 0.811 e. The average molecular weight is 599 g/mol. The molecular formula is C37H75O3P-2. The van der Waals surface area contributed by atoms with Crippen LogP contribution < -0.4 is 9.79 Å². The molecule has 0 fully saturated rings. The van der Waals surface area contributed by atoms with Crippen LogP contribution in [0.2, 0.25) is 0 Å². The molecule has 0 bridgehead atoms. The fourth-order valence-electron chi connectivity index (χ4n) is 6.32. The molecule has 0 aliphatic heterocycles. The number of rotatable bonds is 35. The Bertz CT molecular complexity index is 496. The Morgan fingerprint density at radius 3 is 0.683 bits per heavy atom. The van der Waals surface area contributed by atoms with Gasteiger partial charge in [0.15, 0.2) is 0 Å². The molecular weight excluding hydrogens is 523 g/mol. The van der Waals surface area contributed by atoms with Crippen LogP contribution in [0.4, 0.5) is 0 Å². The molecule has 0 N–H and O–H groups in total. The second kappa shape index (κ2) is 33.1. The molecule has 0 rings (SSSR count). The molecule has 0 amide bonds. The maximum atomic E-state index is 11.8. The monoisotopic (exact) mass is 599 g/mol. The summed E-state index contributed by atoms with van der Waals surface area (Å²) in [6.07, 6.45) is 43.3. The van der Waals surface area contributed by atoms with E-state index in [2.05, 4.69) is 13.8 Å². The highest BCUT2D eigenvalue weighted by Gasteiger charge is 2.12. The molecule has 248 valence electrons. The van der Waals surface area contributed by atoms with Gasteiger partial charge in [0.2, 0.25) is 0 Å². The number of hydrogen-bond donors (Lipinski definition) is 0. The highest BCUT2D eigenvalue weighted by atomic mass is 31.2. The zero-order chi connectivity index (χ0) is 30.1. The van der Waals surface area contributed by atoms with Gasteiger partial charge in [0, 0.05) is 0 Å². The van der Waals surface area contributed by atoms with Crippen LogP contribution in [-0.2, 0) is 4.57 Å². The van der Waals surface area contributed by atoms with Crippen LogP contribution in [0.25, 0.3) is 0 Å². The van der Waals surface area contributed by atoms with Gasteiger partial charge in [-0.1, -0.05) is 227 Å². The second-order valence-electron chi connectivity index (χ2n) is 13.4. The van der Waals surface area contributed by atoms with Gasteiger partial charge < -0.3 is 14.4 Å².